The average Bonchev–Trinajstić information content (AvgIpc) is 2.69. The molecule has 2 aliphatic heterocycles. The monoisotopic (exact) mass is 342 g/mol. The van der Waals surface area contributed by atoms with Crippen LogP contribution in [0, 0.1) is 0 Å². The molecule has 0 aliphatic carbocycles. The molecule has 8 nitrogen and oxygen atoms in total. The predicted molar refractivity (Wildman–Crippen MR) is 90.4 cm³/mol. The van der Waals surface area contributed by atoms with Crippen molar-refractivity contribution in [3.8, 4) is 11.5 Å². The van der Waals surface area contributed by atoms with E-state index in [0.717, 1.165) is 13.1 Å². The Bertz CT molecular complexity index is 760. The molecule has 2 aromatic rings. The molecule has 1 fully saturated rings. The van der Waals surface area contributed by atoms with Crippen LogP contribution < -0.4 is 19.7 Å². The van der Waals surface area contributed by atoms with E-state index in [1.807, 2.05) is 4.90 Å². The largest absolute Gasteiger partial charge is 0.486 e. The van der Waals surface area contributed by atoms with Gasteiger partial charge in [-0.15, -0.1) is 0 Å². The van der Waals surface area contributed by atoms with E-state index in [-0.39, 0.29) is 5.91 Å². The third kappa shape index (κ3) is 3.48. The zero-order chi connectivity index (χ0) is 17.1. The van der Waals surface area contributed by atoms with Crippen LogP contribution in [-0.4, -0.2) is 55.4 Å². The molecule has 1 aromatic carbocycles. The maximum Gasteiger partial charge on any atom is 0.258 e. The predicted octanol–water partition coefficient (Wildman–Crippen LogP) is 1.34. The fraction of sp³-hybridized carbons (Fsp3) is 0.353. The molecule has 130 valence electrons. The third-order valence-corrected chi connectivity index (χ3v) is 3.99. The number of nitrogens with one attached hydrogen (secondary N) is 1. The van der Waals surface area contributed by atoms with Crippen LogP contribution in [0.15, 0.2) is 30.6 Å². The van der Waals surface area contributed by atoms with Gasteiger partial charge in [0.1, 0.15) is 13.2 Å². The summed E-state index contributed by atoms with van der Waals surface area (Å²) < 4.78 is 16.3. The number of hydrogen-bond acceptors (Lipinski definition) is 7. The van der Waals surface area contributed by atoms with Gasteiger partial charge < -0.3 is 24.4 Å². The maximum atomic E-state index is 12.4. The van der Waals surface area contributed by atoms with Gasteiger partial charge in [0.15, 0.2) is 11.5 Å². The van der Waals surface area contributed by atoms with Crippen molar-refractivity contribution in [3.63, 3.8) is 0 Å². The molecule has 1 saturated heterocycles. The van der Waals surface area contributed by atoms with Crippen LogP contribution in [0.25, 0.3) is 0 Å². The summed E-state index contributed by atoms with van der Waals surface area (Å²) in [5, 5.41) is 2.82. The van der Waals surface area contributed by atoms with Crippen LogP contribution in [0.5, 0.6) is 11.5 Å². The van der Waals surface area contributed by atoms with Gasteiger partial charge in [-0.1, -0.05) is 0 Å². The molecule has 0 spiro atoms. The van der Waals surface area contributed by atoms with E-state index in [1.54, 1.807) is 18.2 Å². The van der Waals surface area contributed by atoms with Gasteiger partial charge in [-0.05, 0) is 12.1 Å². The van der Waals surface area contributed by atoms with Gasteiger partial charge in [-0.3, -0.25) is 4.79 Å². The number of carbonyl (C=O) groups is 1. The molecular weight excluding hydrogens is 324 g/mol. The highest BCUT2D eigenvalue weighted by atomic mass is 16.6. The Kier molecular flexibility index (Phi) is 4.34. The van der Waals surface area contributed by atoms with E-state index in [0.29, 0.717) is 55.1 Å². The third-order valence-electron chi connectivity index (χ3n) is 3.99. The molecule has 0 saturated carbocycles. The van der Waals surface area contributed by atoms with Gasteiger partial charge in [0, 0.05) is 37.2 Å². The highest BCUT2D eigenvalue weighted by molar-refractivity contribution is 6.04. The summed E-state index contributed by atoms with van der Waals surface area (Å²) >= 11 is 0. The number of morpholine rings is 1. The van der Waals surface area contributed by atoms with Crippen molar-refractivity contribution in [1.82, 2.24) is 9.97 Å². The van der Waals surface area contributed by atoms with E-state index in [2.05, 4.69) is 15.3 Å². The van der Waals surface area contributed by atoms with Crippen molar-refractivity contribution in [1.29, 1.82) is 0 Å². The molecule has 3 heterocycles. The number of hydrogen-bond donors (Lipinski definition) is 1. The molecule has 0 unspecified atom stereocenters. The number of rotatable bonds is 3. The van der Waals surface area contributed by atoms with Crippen molar-refractivity contribution in [2.75, 3.05) is 49.7 Å². The van der Waals surface area contributed by atoms with Gasteiger partial charge in [-0.2, -0.15) is 0 Å². The lowest BCUT2D eigenvalue weighted by Gasteiger charge is -2.26. The molecule has 0 radical (unpaired) electrons. The summed E-state index contributed by atoms with van der Waals surface area (Å²) in [6.07, 6.45) is 3.07. The number of aromatic nitrogens is 2. The summed E-state index contributed by atoms with van der Waals surface area (Å²) in [4.78, 5) is 23.0. The summed E-state index contributed by atoms with van der Waals surface area (Å²) in [6, 6.07) is 5.30. The lowest BCUT2D eigenvalue weighted by atomic mass is 10.2. The summed E-state index contributed by atoms with van der Waals surface area (Å²) in [6.45, 7) is 3.86. The SMILES string of the molecule is O=C(Nc1ccc2c(c1)OCCO2)c1cnc(N2CCOCC2)nc1. The molecule has 1 aromatic heterocycles. The summed E-state index contributed by atoms with van der Waals surface area (Å²) in [5.41, 5.74) is 1.03. The Morgan fingerprint density at radius 1 is 1.00 bits per heavy atom. The number of anilines is 2. The topological polar surface area (TPSA) is 85.8 Å². The van der Waals surface area contributed by atoms with Gasteiger partial charge in [0.05, 0.1) is 18.8 Å². The van der Waals surface area contributed by atoms with Crippen molar-refractivity contribution in [2.24, 2.45) is 0 Å². The minimum atomic E-state index is -0.273. The molecule has 1 amide bonds. The molecular formula is C17H18N4O4. The number of nitrogens with zero attached hydrogens (tertiary/aromatic N) is 3. The number of fused-ring (bicyclic) bond motifs is 1. The van der Waals surface area contributed by atoms with Crippen LogP contribution in [0.3, 0.4) is 0 Å². The first-order valence-electron chi connectivity index (χ1n) is 8.15. The fourth-order valence-electron chi connectivity index (χ4n) is 2.69. The second-order valence-corrected chi connectivity index (χ2v) is 5.68. The molecule has 8 heteroatoms. The summed E-state index contributed by atoms with van der Waals surface area (Å²) in [7, 11) is 0. The first kappa shape index (κ1) is 15.6. The quantitative estimate of drug-likeness (QED) is 0.901. The van der Waals surface area contributed by atoms with Crippen LogP contribution in [0.2, 0.25) is 0 Å². The highest BCUT2D eigenvalue weighted by Gasteiger charge is 2.16. The smallest absolute Gasteiger partial charge is 0.258 e. The van der Waals surface area contributed by atoms with E-state index in [9.17, 15) is 4.79 Å². The highest BCUT2D eigenvalue weighted by Crippen LogP contribution is 2.32. The molecule has 2 aliphatic rings. The summed E-state index contributed by atoms with van der Waals surface area (Å²) in [5.74, 6) is 1.65. The van der Waals surface area contributed by atoms with E-state index >= 15 is 0 Å². The van der Waals surface area contributed by atoms with Crippen LogP contribution >= 0.6 is 0 Å². The van der Waals surface area contributed by atoms with Crippen LogP contribution in [-0.2, 0) is 4.74 Å². The second kappa shape index (κ2) is 6.94. The molecule has 1 N–H and O–H groups in total. The molecule has 0 atom stereocenters. The minimum absolute atomic E-state index is 0.273. The van der Waals surface area contributed by atoms with Crippen molar-refractivity contribution in [3.05, 3.63) is 36.2 Å². The Morgan fingerprint density at radius 3 is 2.48 bits per heavy atom. The number of benzene rings is 1. The Balaban J connectivity index is 1.44. The molecule has 25 heavy (non-hydrogen) atoms. The lowest BCUT2D eigenvalue weighted by Crippen LogP contribution is -2.37. The fourth-order valence-corrected chi connectivity index (χ4v) is 2.69. The van der Waals surface area contributed by atoms with Crippen LogP contribution in [0.1, 0.15) is 10.4 Å². The average molecular weight is 342 g/mol. The first-order chi connectivity index (χ1) is 12.3. The van der Waals surface area contributed by atoms with E-state index < -0.39 is 0 Å². The number of amides is 1. The van der Waals surface area contributed by atoms with Crippen LogP contribution in [0.4, 0.5) is 11.6 Å². The maximum absolute atomic E-state index is 12.4. The van der Waals surface area contributed by atoms with Crippen molar-refractivity contribution >= 4 is 17.5 Å². The Hall–Kier alpha value is -2.87. The first-order valence-corrected chi connectivity index (χ1v) is 8.15. The standard InChI is InChI=1S/C17H18N4O4/c22-16(20-13-1-2-14-15(9-13)25-8-7-24-14)12-10-18-17(19-11-12)21-3-5-23-6-4-21/h1-2,9-11H,3-8H2,(H,20,22). The van der Waals surface area contributed by atoms with E-state index in [4.69, 9.17) is 14.2 Å². The normalized spacial score (nSPS) is 16.4. The zero-order valence-electron chi connectivity index (χ0n) is 13.6. The van der Waals surface area contributed by atoms with Gasteiger partial charge in [0.25, 0.3) is 5.91 Å². The van der Waals surface area contributed by atoms with Crippen molar-refractivity contribution < 1.29 is 19.0 Å². The van der Waals surface area contributed by atoms with Crippen molar-refractivity contribution in [2.45, 2.75) is 0 Å². The van der Waals surface area contributed by atoms with Gasteiger partial charge >= 0.3 is 0 Å². The lowest BCUT2D eigenvalue weighted by molar-refractivity contribution is 0.102. The Labute approximate surface area is 144 Å². The Morgan fingerprint density at radius 2 is 1.72 bits per heavy atom. The zero-order valence-corrected chi connectivity index (χ0v) is 13.6. The second-order valence-electron chi connectivity index (χ2n) is 5.68. The van der Waals surface area contributed by atoms with Gasteiger partial charge in [0.2, 0.25) is 5.95 Å². The number of ether oxygens (including phenoxy) is 3. The minimum Gasteiger partial charge on any atom is -0.486 e. The van der Waals surface area contributed by atoms with E-state index in [1.165, 1.54) is 12.4 Å². The molecule has 0 bridgehead atoms. The van der Waals surface area contributed by atoms with Gasteiger partial charge in [-0.25, -0.2) is 9.97 Å². The molecule has 4 rings (SSSR count). The number of carbonyl (C=O) groups excluding carboxylic acids is 1.